The zero-order chi connectivity index (χ0) is 28.8. The van der Waals surface area contributed by atoms with Crippen LogP contribution < -0.4 is 0 Å². The lowest BCUT2D eigenvalue weighted by atomic mass is 9.82. The van der Waals surface area contributed by atoms with Gasteiger partial charge in [-0.1, -0.05) is 96.7 Å². The highest BCUT2D eigenvalue weighted by molar-refractivity contribution is 5.82. The van der Waals surface area contributed by atoms with E-state index >= 15 is 0 Å². The predicted octanol–water partition coefficient (Wildman–Crippen LogP) is 5.14. The van der Waals surface area contributed by atoms with Gasteiger partial charge in [0.2, 0.25) is 0 Å². The Morgan fingerprint density at radius 3 is 2.26 bits per heavy atom. The topological polar surface area (TPSA) is 107 Å². The smallest absolute Gasteiger partial charge is 0.331 e. The first-order valence-electron chi connectivity index (χ1n) is 14.1. The molecule has 6 nitrogen and oxygen atoms in total. The summed E-state index contributed by atoms with van der Waals surface area (Å²) in [5, 5.41) is 42.7. The molecule has 11 atom stereocenters. The highest BCUT2D eigenvalue weighted by Crippen LogP contribution is 2.28. The van der Waals surface area contributed by atoms with Gasteiger partial charge in [0, 0.05) is 36.2 Å². The van der Waals surface area contributed by atoms with E-state index in [4.69, 9.17) is 4.74 Å². The summed E-state index contributed by atoms with van der Waals surface area (Å²) in [5.74, 6) is -0.976. The van der Waals surface area contributed by atoms with Crippen LogP contribution >= 0.6 is 0 Å². The van der Waals surface area contributed by atoms with Crippen molar-refractivity contribution in [1.82, 2.24) is 0 Å². The molecule has 0 aromatic carbocycles. The Bertz CT molecular complexity index is 815. The van der Waals surface area contributed by atoms with Crippen molar-refractivity contribution in [3.63, 3.8) is 0 Å². The van der Waals surface area contributed by atoms with Gasteiger partial charge in [0.15, 0.2) is 0 Å². The molecule has 1 rings (SSSR count). The summed E-state index contributed by atoms with van der Waals surface area (Å²) in [4.78, 5) is 12.6. The highest BCUT2D eigenvalue weighted by Gasteiger charge is 2.31. The number of cyclic esters (lactones) is 1. The summed E-state index contributed by atoms with van der Waals surface area (Å²) in [5.41, 5.74) is 0. The minimum Gasteiger partial charge on any atom is -0.458 e. The Hall–Kier alpha value is -1.99. The fourth-order valence-electron chi connectivity index (χ4n) is 5.04. The van der Waals surface area contributed by atoms with Gasteiger partial charge in [-0.25, -0.2) is 4.79 Å². The van der Waals surface area contributed by atoms with Gasteiger partial charge in [0.05, 0.1) is 24.4 Å². The van der Waals surface area contributed by atoms with Crippen molar-refractivity contribution in [2.24, 2.45) is 35.5 Å². The molecule has 0 aliphatic carbocycles. The molecule has 0 aromatic heterocycles. The number of aliphatic hydroxyl groups excluding tert-OH is 4. The molecule has 0 saturated carbocycles. The molecular weight excluding hydrogens is 480 g/mol. The lowest BCUT2D eigenvalue weighted by Crippen LogP contribution is -2.37. The molecule has 0 amide bonds. The number of hydrogen-bond acceptors (Lipinski definition) is 6. The molecule has 1 unspecified atom stereocenters. The van der Waals surface area contributed by atoms with E-state index in [2.05, 4.69) is 13.5 Å². The van der Waals surface area contributed by atoms with E-state index in [9.17, 15) is 25.2 Å². The van der Waals surface area contributed by atoms with Crippen molar-refractivity contribution in [3.05, 3.63) is 61.3 Å². The third kappa shape index (κ3) is 12.2. The molecule has 216 valence electrons. The van der Waals surface area contributed by atoms with Crippen LogP contribution in [-0.4, -0.2) is 56.9 Å². The van der Waals surface area contributed by atoms with Gasteiger partial charge in [0.1, 0.15) is 6.10 Å². The lowest BCUT2D eigenvalue weighted by molar-refractivity contribution is -0.150. The molecular formula is C32H52O6. The van der Waals surface area contributed by atoms with Gasteiger partial charge < -0.3 is 25.2 Å². The summed E-state index contributed by atoms with van der Waals surface area (Å²) >= 11 is 0. The molecule has 4 N–H and O–H groups in total. The van der Waals surface area contributed by atoms with Crippen LogP contribution in [0.5, 0.6) is 0 Å². The van der Waals surface area contributed by atoms with Crippen LogP contribution in [0, 0.1) is 35.5 Å². The first-order chi connectivity index (χ1) is 17.9. The number of hydrogen-bond donors (Lipinski definition) is 4. The molecule has 0 radical (unpaired) electrons. The van der Waals surface area contributed by atoms with Crippen LogP contribution in [0.15, 0.2) is 61.3 Å². The molecule has 38 heavy (non-hydrogen) atoms. The fraction of sp³-hybridized carbons (Fsp3) is 0.656. The molecule has 0 spiro atoms. The van der Waals surface area contributed by atoms with Gasteiger partial charge in [0.25, 0.3) is 0 Å². The molecule has 1 aliphatic heterocycles. The summed E-state index contributed by atoms with van der Waals surface area (Å²) in [6.07, 6.45) is 14.2. The summed E-state index contributed by atoms with van der Waals surface area (Å²) < 4.78 is 5.81. The first-order valence-corrected chi connectivity index (χ1v) is 14.1. The van der Waals surface area contributed by atoms with Crippen LogP contribution in [0.3, 0.4) is 0 Å². The number of carbonyl (C=O) groups is 1. The molecule has 0 bridgehead atoms. The maximum absolute atomic E-state index is 12.6. The average Bonchev–Trinajstić information content (AvgIpc) is 2.88. The second-order valence-corrected chi connectivity index (χ2v) is 11.4. The minimum absolute atomic E-state index is 0.0366. The Morgan fingerprint density at radius 2 is 1.61 bits per heavy atom. The minimum atomic E-state index is -0.828. The van der Waals surface area contributed by atoms with Crippen LogP contribution in [0.25, 0.3) is 0 Å². The van der Waals surface area contributed by atoms with Crippen molar-refractivity contribution in [2.75, 3.05) is 0 Å². The van der Waals surface area contributed by atoms with E-state index in [0.717, 1.165) is 12.8 Å². The Kier molecular flexibility index (Phi) is 15.7. The van der Waals surface area contributed by atoms with Crippen molar-refractivity contribution in [3.8, 4) is 0 Å². The summed E-state index contributed by atoms with van der Waals surface area (Å²) in [6, 6.07) is 0. The van der Waals surface area contributed by atoms with Crippen molar-refractivity contribution >= 4 is 5.97 Å². The number of esters is 1. The largest absolute Gasteiger partial charge is 0.458 e. The van der Waals surface area contributed by atoms with E-state index in [-0.39, 0.29) is 41.9 Å². The van der Waals surface area contributed by atoms with Crippen LogP contribution in [0.1, 0.15) is 67.2 Å². The van der Waals surface area contributed by atoms with Crippen LogP contribution in [0.2, 0.25) is 0 Å². The summed E-state index contributed by atoms with van der Waals surface area (Å²) in [7, 11) is 0. The second-order valence-electron chi connectivity index (χ2n) is 11.4. The molecule has 1 heterocycles. The zero-order valence-corrected chi connectivity index (χ0v) is 24.2. The average molecular weight is 533 g/mol. The Labute approximate surface area is 230 Å². The van der Waals surface area contributed by atoms with E-state index in [1.165, 1.54) is 6.08 Å². The van der Waals surface area contributed by atoms with E-state index in [0.29, 0.717) is 6.42 Å². The van der Waals surface area contributed by atoms with E-state index in [1.807, 2.05) is 52.8 Å². The standard InChI is InChI=1S/C32H52O6/c1-8-9-12-24(5)32-26(7)28(34)18-15-21(2)19-25(6)31(37)23(4)16-17-27(33)20-29(35)22(3)13-10-11-14-30(36)38-32/h8-14,16-17,21-29,31-35,37H,1,15,18-20H2,2-7H3/b12-9-,13-10+,14-11-,17-16-/t21-,22-,23-,24-,25+,26-,27?,28+,29-,31-,32-/m0/s1. The molecule has 1 aliphatic rings. The van der Waals surface area contributed by atoms with Gasteiger partial charge in [-0.3, -0.25) is 0 Å². The normalized spacial score (nSPS) is 40.7. The second kappa shape index (κ2) is 17.6. The number of rotatable bonds is 3. The highest BCUT2D eigenvalue weighted by atomic mass is 16.5. The molecule has 0 saturated heterocycles. The number of ether oxygens (including phenoxy) is 1. The number of allylic oxidation sites excluding steroid dienone is 4. The van der Waals surface area contributed by atoms with Gasteiger partial charge in [-0.2, -0.15) is 0 Å². The van der Waals surface area contributed by atoms with Crippen molar-refractivity contribution in [2.45, 2.75) is 97.7 Å². The molecule has 6 heteroatoms. The fourth-order valence-corrected chi connectivity index (χ4v) is 5.04. The van der Waals surface area contributed by atoms with Crippen molar-refractivity contribution in [1.29, 1.82) is 0 Å². The van der Waals surface area contributed by atoms with Crippen LogP contribution in [0.4, 0.5) is 0 Å². The summed E-state index contributed by atoms with van der Waals surface area (Å²) in [6.45, 7) is 15.5. The monoisotopic (exact) mass is 532 g/mol. The van der Waals surface area contributed by atoms with E-state index in [1.54, 1.807) is 30.4 Å². The lowest BCUT2D eigenvalue weighted by Gasteiger charge is -2.31. The SMILES string of the molecule is C=C/C=C\[C@H](C)[C@@H]1OC(=O)/C=C\C=C\[C@H](C)[C@@H](O)CC(O)/C=C\[C@H](C)[C@H](O)[C@H](C)C[C@@H](C)CC[C@@H](O)[C@@H]1C. The quantitative estimate of drug-likeness (QED) is 0.228. The number of carbonyl (C=O) groups excluding carboxylic acids is 1. The third-order valence-corrected chi connectivity index (χ3v) is 7.78. The molecule has 0 aromatic rings. The Balaban J connectivity index is 3.17. The first kappa shape index (κ1) is 34.0. The van der Waals surface area contributed by atoms with Crippen LogP contribution in [-0.2, 0) is 9.53 Å². The Morgan fingerprint density at radius 1 is 0.921 bits per heavy atom. The number of aliphatic hydroxyl groups is 4. The van der Waals surface area contributed by atoms with Gasteiger partial charge in [-0.15, -0.1) is 0 Å². The van der Waals surface area contributed by atoms with Crippen molar-refractivity contribution < 1.29 is 30.0 Å². The zero-order valence-electron chi connectivity index (χ0n) is 24.2. The predicted molar refractivity (Wildman–Crippen MR) is 154 cm³/mol. The van der Waals surface area contributed by atoms with E-state index < -0.39 is 36.5 Å². The van der Waals surface area contributed by atoms with Gasteiger partial charge >= 0.3 is 5.97 Å². The van der Waals surface area contributed by atoms with Gasteiger partial charge in [-0.05, 0) is 31.1 Å². The maximum atomic E-state index is 12.6. The maximum Gasteiger partial charge on any atom is 0.331 e. The third-order valence-electron chi connectivity index (χ3n) is 7.78. The molecule has 0 fully saturated rings.